The third-order valence-corrected chi connectivity index (χ3v) is 8.00. The molecule has 1 saturated carbocycles. The van der Waals surface area contributed by atoms with E-state index >= 15 is 0 Å². The Morgan fingerprint density at radius 3 is 2.91 bits per heavy atom. The Hall–Kier alpha value is -2.59. The highest BCUT2D eigenvalue weighted by Crippen LogP contribution is 2.39. The number of fused-ring (bicyclic) bond motifs is 1. The molecule has 32 heavy (non-hydrogen) atoms. The molecular formula is C22H25N7OS2. The normalized spacial score (nSPS) is 18.9. The SMILES string of the molecule is CCc1nn2c(=O)cc(CSc3nnc(-c4cccnc4)n3[C@H]3CCCC[C@H]3C)nc2s1. The van der Waals surface area contributed by atoms with Crippen LogP contribution in [0.2, 0.25) is 0 Å². The van der Waals surface area contributed by atoms with Crippen molar-refractivity contribution in [3.8, 4) is 11.4 Å². The summed E-state index contributed by atoms with van der Waals surface area (Å²) >= 11 is 3.05. The number of nitrogens with zero attached hydrogens (tertiary/aromatic N) is 7. The standard InChI is InChI=1S/C22H25N7OS2/c1-3-18-27-29-19(30)11-16(24-21(29)32-18)13-31-22-26-25-20(15-8-6-10-23-12-15)28(22)17-9-5-4-7-14(17)2/h6,8,10-12,14,17H,3-5,7,9,13H2,1-2H3/t14-,17+/m1/s1. The molecule has 4 aromatic heterocycles. The zero-order chi connectivity index (χ0) is 22.1. The first-order valence-electron chi connectivity index (χ1n) is 11.0. The van der Waals surface area contributed by atoms with Crippen LogP contribution in [-0.4, -0.2) is 34.3 Å². The van der Waals surface area contributed by atoms with Gasteiger partial charge in [-0.25, -0.2) is 4.98 Å². The highest BCUT2D eigenvalue weighted by Gasteiger charge is 2.28. The molecule has 0 amide bonds. The van der Waals surface area contributed by atoms with E-state index in [0.717, 1.165) is 40.1 Å². The maximum atomic E-state index is 12.5. The molecule has 0 saturated heterocycles. The Bertz CT molecular complexity index is 1280. The zero-order valence-electron chi connectivity index (χ0n) is 18.1. The second kappa shape index (κ2) is 9.11. The Balaban J connectivity index is 1.48. The van der Waals surface area contributed by atoms with E-state index in [4.69, 9.17) is 0 Å². The van der Waals surface area contributed by atoms with Gasteiger partial charge < -0.3 is 0 Å². The van der Waals surface area contributed by atoms with Crippen LogP contribution in [0.4, 0.5) is 0 Å². The summed E-state index contributed by atoms with van der Waals surface area (Å²) in [5.74, 6) is 1.97. The number of rotatable bonds is 6. The molecule has 8 nitrogen and oxygen atoms in total. The minimum absolute atomic E-state index is 0.139. The average molecular weight is 468 g/mol. The molecule has 4 aromatic rings. The summed E-state index contributed by atoms with van der Waals surface area (Å²) < 4.78 is 3.68. The van der Waals surface area contributed by atoms with Gasteiger partial charge in [-0.05, 0) is 37.3 Å². The maximum absolute atomic E-state index is 12.5. The molecule has 1 aliphatic rings. The third kappa shape index (κ3) is 4.09. The van der Waals surface area contributed by atoms with Gasteiger partial charge in [0, 0.05) is 35.8 Å². The van der Waals surface area contributed by atoms with E-state index in [2.05, 4.69) is 36.8 Å². The molecule has 0 spiro atoms. The molecule has 0 bridgehead atoms. The minimum Gasteiger partial charge on any atom is -0.299 e. The molecule has 2 atom stereocenters. The van der Waals surface area contributed by atoms with Gasteiger partial charge >= 0.3 is 0 Å². The molecule has 0 aromatic carbocycles. The van der Waals surface area contributed by atoms with Gasteiger partial charge in [0.25, 0.3) is 5.56 Å². The van der Waals surface area contributed by atoms with E-state index in [0.29, 0.717) is 22.7 Å². The van der Waals surface area contributed by atoms with E-state index in [-0.39, 0.29) is 5.56 Å². The summed E-state index contributed by atoms with van der Waals surface area (Å²) in [6.45, 7) is 4.34. The van der Waals surface area contributed by atoms with E-state index in [1.807, 2.05) is 25.3 Å². The van der Waals surface area contributed by atoms with Gasteiger partial charge in [0.2, 0.25) is 4.96 Å². The highest BCUT2D eigenvalue weighted by atomic mass is 32.2. The Labute approximate surface area is 194 Å². The van der Waals surface area contributed by atoms with Crippen molar-refractivity contribution in [2.75, 3.05) is 0 Å². The van der Waals surface area contributed by atoms with Crippen molar-refractivity contribution < 1.29 is 0 Å². The molecule has 4 heterocycles. The van der Waals surface area contributed by atoms with Crippen molar-refractivity contribution in [2.24, 2.45) is 5.92 Å². The monoisotopic (exact) mass is 467 g/mol. The average Bonchev–Trinajstić information content (AvgIpc) is 3.43. The van der Waals surface area contributed by atoms with E-state index in [9.17, 15) is 4.79 Å². The summed E-state index contributed by atoms with van der Waals surface area (Å²) in [6, 6.07) is 5.88. The minimum atomic E-state index is -0.139. The summed E-state index contributed by atoms with van der Waals surface area (Å²) in [5, 5.41) is 15.2. The summed E-state index contributed by atoms with van der Waals surface area (Å²) in [5.41, 5.74) is 1.57. The lowest BCUT2D eigenvalue weighted by Crippen LogP contribution is -2.22. The van der Waals surface area contributed by atoms with Crippen LogP contribution >= 0.6 is 23.1 Å². The van der Waals surface area contributed by atoms with E-state index in [1.54, 1.807) is 24.0 Å². The molecule has 10 heteroatoms. The van der Waals surface area contributed by atoms with Gasteiger partial charge in [0.15, 0.2) is 11.0 Å². The summed E-state index contributed by atoms with van der Waals surface area (Å²) in [4.78, 5) is 22.1. The highest BCUT2D eigenvalue weighted by molar-refractivity contribution is 7.98. The Morgan fingerprint density at radius 1 is 1.25 bits per heavy atom. The van der Waals surface area contributed by atoms with Gasteiger partial charge in [-0.15, -0.1) is 10.2 Å². The van der Waals surface area contributed by atoms with Crippen LogP contribution in [0.1, 0.15) is 56.3 Å². The van der Waals surface area contributed by atoms with E-state index < -0.39 is 0 Å². The van der Waals surface area contributed by atoms with Crippen molar-refractivity contribution in [1.82, 2.24) is 34.3 Å². The number of thioether (sulfide) groups is 1. The van der Waals surface area contributed by atoms with Crippen LogP contribution in [0.15, 0.2) is 40.5 Å². The van der Waals surface area contributed by atoms with Crippen molar-refractivity contribution in [1.29, 1.82) is 0 Å². The number of hydrogen-bond acceptors (Lipinski definition) is 8. The first-order chi connectivity index (χ1) is 15.6. The maximum Gasteiger partial charge on any atom is 0.275 e. The third-order valence-electron chi connectivity index (χ3n) is 5.97. The van der Waals surface area contributed by atoms with Crippen LogP contribution in [0.5, 0.6) is 0 Å². The topological polar surface area (TPSA) is 90.9 Å². The lowest BCUT2D eigenvalue weighted by molar-refractivity contribution is 0.247. The van der Waals surface area contributed by atoms with Gasteiger partial charge in [0.05, 0.1) is 5.69 Å². The molecule has 0 N–H and O–H groups in total. The summed E-state index contributed by atoms with van der Waals surface area (Å²) in [6.07, 6.45) is 9.21. The Morgan fingerprint density at radius 2 is 2.12 bits per heavy atom. The van der Waals surface area contributed by atoms with Crippen molar-refractivity contribution in [3.05, 3.63) is 51.6 Å². The largest absolute Gasteiger partial charge is 0.299 e. The summed E-state index contributed by atoms with van der Waals surface area (Å²) in [7, 11) is 0. The predicted octanol–water partition coefficient (Wildman–Crippen LogP) is 4.41. The van der Waals surface area contributed by atoms with E-state index in [1.165, 1.54) is 35.1 Å². The molecule has 0 unspecified atom stereocenters. The smallest absolute Gasteiger partial charge is 0.275 e. The fraction of sp³-hybridized carbons (Fsp3) is 0.455. The number of pyridine rings is 1. The fourth-order valence-electron chi connectivity index (χ4n) is 4.30. The van der Waals surface area contributed by atoms with Gasteiger partial charge in [-0.3, -0.25) is 14.3 Å². The molecule has 1 aliphatic carbocycles. The second-order valence-corrected chi connectivity index (χ2v) is 10.1. The molecule has 5 rings (SSSR count). The number of aromatic nitrogens is 7. The molecule has 1 fully saturated rings. The van der Waals surface area contributed by atoms with Crippen LogP contribution in [0, 0.1) is 5.92 Å². The Kier molecular flexibility index (Phi) is 6.05. The van der Waals surface area contributed by atoms with Gasteiger partial charge in [0.1, 0.15) is 5.01 Å². The lowest BCUT2D eigenvalue weighted by atomic mass is 9.85. The zero-order valence-corrected chi connectivity index (χ0v) is 19.8. The molecule has 166 valence electrons. The van der Waals surface area contributed by atoms with Gasteiger partial charge in [-0.1, -0.05) is 49.8 Å². The lowest BCUT2D eigenvalue weighted by Gasteiger charge is -2.31. The number of aryl methyl sites for hydroxylation is 1. The van der Waals surface area contributed by atoms with Crippen LogP contribution in [0.25, 0.3) is 16.3 Å². The second-order valence-electron chi connectivity index (χ2n) is 8.17. The van der Waals surface area contributed by atoms with Crippen molar-refractivity contribution >= 4 is 28.1 Å². The predicted molar refractivity (Wildman–Crippen MR) is 126 cm³/mol. The van der Waals surface area contributed by atoms with Gasteiger partial charge in [-0.2, -0.15) is 9.61 Å². The first kappa shape index (κ1) is 21.3. The molecular weight excluding hydrogens is 442 g/mol. The quantitative estimate of drug-likeness (QED) is 0.388. The molecule has 0 aliphatic heterocycles. The molecule has 0 radical (unpaired) electrons. The van der Waals surface area contributed by atoms with Crippen molar-refractivity contribution in [2.45, 2.75) is 62.9 Å². The van der Waals surface area contributed by atoms with Crippen LogP contribution < -0.4 is 5.56 Å². The van der Waals surface area contributed by atoms with Crippen LogP contribution in [0.3, 0.4) is 0 Å². The van der Waals surface area contributed by atoms with Crippen molar-refractivity contribution in [3.63, 3.8) is 0 Å². The first-order valence-corrected chi connectivity index (χ1v) is 12.8. The number of hydrogen-bond donors (Lipinski definition) is 0. The van der Waals surface area contributed by atoms with Crippen LogP contribution in [-0.2, 0) is 12.2 Å². The fourth-order valence-corrected chi connectivity index (χ4v) is 6.04.